The van der Waals surface area contributed by atoms with Gasteiger partial charge < -0.3 is 10.0 Å². The van der Waals surface area contributed by atoms with E-state index in [1.807, 2.05) is 6.92 Å². The van der Waals surface area contributed by atoms with Gasteiger partial charge in [-0.1, -0.05) is 30.7 Å². The van der Waals surface area contributed by atoms with Crippen molar-refractivity contribution in [3.63, 3.8) is 0 Å². The Hall–Kier alpha value is -0.780. The largest absolute Gasteiger partial charge is 0.417 e. The van der Waals surface area contributed by atoms with E-state index in [0.717, 1.165) is 12.6 Å². The summed E-state index contributed by atoms with van der Waals surface area (Å²) in [6, 6.07) is 3.73. The van der Waals surface area contributed by atoms with E-state index in [2.05, 4.69) is 4.90 Å². The number of hydrogen-bond acceptors (Lipinski definition) is 2. The first-order valence-corrected chi connectivity index (χ1v) is 6.96. The molecule has 1 heterocycles. The Balaban J connectivity index is 2.34. The molecule has 1 N–H and O–H groups in total. The molecule has 0 bridgehead atoms. The van der Waals surface area contributed by atoms with Gasteiger partial charge in [-0.2, -0.15) is 13.2 Å². The number of likely N-dealkylation sites (tertiary alicyclic amines) is 1. The van der Waals surface area contributed by atoms with E-state index < -0.39 is 17.3 Å². The van der Waals surface area contributed by atoms with Gasteiger partial charge in [0.25, 0.3) is 0 Å². The summed E-state index contributed by atoms with van der Waals surface area (Å²) in [6.07, 6.45) is -3.72. The fraction of sp³-hybridized carbons (Fsp3) is 0.571. The van der Waals surface area contributed by atoms with Crippen molar-refractivity contribution in [2.75, 3.05) is 19.6 Å². The molecule has 0 aromatic heterocycles. The molecule has 0 unspecified atom stereocenters. The van der Waals surface area contributed by atoms with Crippen LogP contribution in [0, 0.1) is 0 Å². The molecule has 1 aromatic rings. The van der Waals surface area contributed by atoms with Gasteiger partial charge in [-0.05, 0) is 25.5 Å². The predicted octanol–water partition coefficient (Wildman–Crippen LogP) is 3.66. The second kappa shape index (κ2) is 5.54. The third-order valence-corrected chi connectivity index (χ3v) is 4.34. The van der Waals surface area contributed by atoms with Crippen LogP contribution in [0.4, 0.5) is 13.2 Å². The average Bonchev–Trinajstić information content (AvgIpc) is 2.38. The zero-order valence-corrected chi connectivity index (χ0v) is 11.9. The number of halogens is 4. The molecule has 1 aliphatic rings. The number of alkyl halides is 3. The molecule has 20 heavy (non-hydrogen) atoms. The molecule has 0 radical (unpaired) electrons. The Labute approximate surface area is 121 Å². The summed E-state index contributed by atoms with van der Waals surface area (Å²) in [4.78, 5) is 2.15. The Morgan fingerprint density at radius 3 is 2.40 bits per heavy atom. The summed E-state index contributed by atoms with van der Waals surface area (Å²) in [5.41, 5.74) is -1.97. The number of piperidine rings is 1. The molecule has 2 rings (SSSR count). The Morgan fingerprint density at radius 1 is 1.30 bits per heavy atom. The lowest BCUT2D eigenvalue weighted by Crippen LogP contribution is -2.42. The van der Waals surface area contributed by atoms with Crippen molar-refractivity contribution in [3.8, 4) is 0 Å². The van der Waals surface area contributed by atoms with Crippen LogP contribution in [-0.4, -0.2) is 29.6 Å². The minimum absolute atomic E-state index is 0.185. The standard InChI is InChI=1S/C14H17ClF3NO/c1-2-19-8-6-13(20,7-9-19)10-4-3-5-11(12(10)15)14(16,17)18/h3-5,20H,2,6-9H2,1H3. The Bertz CT molecular complexity index is 482. The van der Waals surface area contributed by atoms with Crippen molar-refractivity contribution in [3.05, 3.63) is 34.3 Å². The van der Waals surface area contributed by atoms with E-state index in [1.165, 1.54) is 12.1 Å². The summed E-state index contributed by atoms with van der Waals surface area (Å²) in [7, 11) is 0. The summed E-state index contributed by atoms with van der Waals surface area (Å²) >= 11 is 5.89. The number of nitrogens with zero attached hydrogens (tertiary/aromatic N) is 1. The topological polar surface area (TPSA) is 23.5 Å². The second-order valence-electron chi connectivity index (χ2n) is 5.13. The molecular formula is C14H17ClF3NO. The van der Waals surface area contributed by atoms with Crippen LogP contribution in [0.3, 0.4) is 0 Å². The highest BCUT2D eigenvalue weighted by atomic mass is 35.5. The van der Waals surface area contributed by atoms with Crippen LogP contribution in [0.25, 0.3) is 0 Å². The van der Waals surface area contributed by atoms with E-state index in [9.17, 15) is 18.3 Å². The van der Waals surface area contributed by atoms with E-state index in [0.29, 0.717) is 25.9 Å². The molecule has 112 valence electrons. The monoisotopic (exact) mass is 307 g/mol. The van der Waals surface area contributed by atoms with Gasteiger partial charge in [0.15, 0.2) is 0 Å². The van der Waals surface area contributed by atoms with Crippen LogP contribution in [0.1, 0.15) is 30.9 Å². The highest BCUT2D eigenvalue weighted by Gasteiger charge is 2.39. The minimum atomic E-state index is -4.51. The normalized spacial score (nSPS) is 20.1. The van der Waals surface area contributed by atoms with Gasteiger partial charge >= 0.3 is 6.18 Å². The minimum Gasteiger partial charge on any atom is -0.385 e. The number of rotatable bonds is 2. The highest BCUT2D eigenvalue weighted by molar-refractivity contribution is 6.32. The molecule has 0 amide bonds. The third-order valence-electron chi connectivity index (χ3n) is 3.94. The number of aliphatic hydroxyl groups is 1. The lowest BCUT2D eigenvalue weighted by molar-refractivity contribution is -0.137. The lowest BCUT2D eigenvalue weighted by Gasteiger charge is -2.38. The van der Waals surface area contributed by atoms with Gasteiger partial charge in [-0.15, -0.1) is 0 Å². The molecule has 0 aliphatic carbocycles. The summed E-state index contributed by atoms with van der Waals surface area (Å²) in [5.74, 6) is 0. The molecule has 1 aromatic carbocycles. The third kappa shape index (κ3) is 2.95. The first-order valence-electron chi connectivity index (χ1n) is 6.59. The molecule has 1 saturated heterocycles. The summed E-state index contributed by atoms with van der Waals surface area (Å²) in [5, 5.41) is 10.3. The second-order valence-corrected chi connectivity index (χ2v) is 5.51. The van der Waals surface area contributed by atoms with Crippen LogP contribution in [0.5, 0.6) is 0 Å². The highest BCUT2D eigenvalue weighted by Crippen LogP contribution is 2.42. The number of hydrogen-bond donors (Lipinski definition) is 1. The fourth-order valence-corrected chi connectivity index (χ4v) is 3.03. The van der Waals surface area contributed by atoms with Gasteiger partial charge in [-0.25, -0.2) is 0 Å². The fourth-order valence-electron chi connectivity index (χ4n) is 2.62. The lowest BCUT2D eigenvalue weighted by atomic mass is 9.83. The summed E-state index contributed by atoms with van der Waals surface area (Å²) in [6.45, 7) is 4.19. The van der Waals surface area contributed by atoms with Crippen molar-refractivity contribution >= 4 is 11.6 Å². The van der Waals surface area contributed by atoms with Crippen molar-refractivity contribution in [2.24, 2.45) is 0 Å². The number of benzene rings is 1. The van der Waals surface area contributed by atoms with Crippen molar-refractivity contribution in [1.82, 2.24) is 4.90 Å². The van der Waals surface area contributed by atoms with Gasteiger partial charge in [0.2, 0.25) is 0 Å². The molecule has 6 heteroatoms. The van der Waals surface area contributed by atoms with Crippen LogP contribution in [0.15, 0.2) is 18.2 Å². The first kappa shape index (κ1) is 15.6. The van der Waals surface area contributed by atoms with E-state index >= 15 is 0 Å². The smallest absolute Gasteiger partial charge is 0.385 e. The van der Waals surface area contributed by atoms with Gasteiger partial charge in [-0.3, -0.25) is 0 Å². The zero-order valence-electron chi connectivity index (χ0n) is 11.2. The van der Waals surface area contributed by atoms with Crippen LogP contribution >= 0.6 is 11.6 Å². The Kier molecular flexibility index (Phi) is 4.33. The van der Waals surface area contributed by atoms with Crippen LogP contribution in [0.2, 0.25) is 5.02 Å². The Morgan fingerprint density at radius 2 is 1.90 bits per heavy atom. The molecule has 0 saturated carbocycles. The average molecular weight is 308 g/mol. The quantitative estimate of drug-likeness (QED) is 0.901. The maximum absolute atomic E-state index is 12.9. The zero-order chi connectivity index (χ0) is 15.0. The van der Waals surface area contributed by atoms with Crippen LogP contribution in [-0.2, 0) is 11.8 Å². The molecule has 1 fully saturated rings. The molecular weight excluding hydrogens is 291 g/mol. The van der Waals surface area contributed by atoms with Crippen molar-refractivity contribution in [1.29, 1.82) is 0 Å². The van der Waals surface area contributed by atoms with Crippen molar-refractivity contribution < 1.29 is 18.3 Å². The van der Waals surface area contributed by atoms with Gasteiger partial charge in [0.1, 0.15) is 0 Å². The maximum atomic E-state index is 12.9. The van der Waals surface area contributed by atoms with E-state index in [1.54, 1.807) is 0 Å². The predicted molar refractivity (Wildman–Crippen MR) is 71.7 cm³/mol. The SMILES string of the molecule is CCN1CCC(O)(c2cccc(C(F)(F)F)c2Cl)CC1. The van der Waals surface area contributed by atoms with Crippen LogP contribution < -0.4 is 0 Å². The van der Waals surface area contributed by atoms with Gasteiger partial charge in [0, 0.05) is 18.7 Å². The molecule has 0 atom stereocenters. The maximum Gasteiger partial charge on any atom is 0.417 e. The first-order chi connectivity index (χ1) is 9.28. The summed E-state index contributed by atoms with van der Waals surface area (Å²) < 4.78 is 38.6. The van der Waals surface area contributed by atoms with Gasteiger partial charge in [0.05, 0.1) is 16.2 Å². The molecule has 1 aliphatic heterocycles. The molecule has 2 nitrogen and oxygen atoms in total. The van der Waals surface area contributed by atoms with Crippen molar-refractivity contribution in [2.45, 2.75) is 31.5 Å². The van der Waals surface area contributed by atoms with E-state index in [4.69, 9.17) is 11.6 Å². The molecule has 0 spiro atoms. The van der Waals surface area contributed by atoms with E-state index in [-0.39, 0.29) is 10.6 Å².